The number of carboxylic acids is 1. The zero-order valence-electron chi connectivity index (χ0n) is 49.2. The molecule has 2 unspecified atom stereocenters. The number of unbranched alkanes of at least 4 members (excludes halogenated alkanes) is 27. The largest absolute Gasteiger partial charge is 0.477 e. The predicted octanol–water partition coefficient (Wildman–Crippen LogP) is 18.3. The molecule has 2 atom stereocenters. The molecule has 432 valence electrons. The van der Waals surface area contributed by atoms with Gasteiger partial charge in [-0.2, -0.15) is 0 Å². The molecule has 0 aliphatic carbocycles. The fourth-order valence-corrected chi connectivity index (χ4v) is 8.42. The molecule has 75 heavy (non-hydrogen) atoms. The third-order valence-electron chi connectivity index (χ3n) is 13.1. The summed E-state index contributed by atoms with van der Waals surface area (Å²) in [7, 11) is 5.97. The molecule has 0 fully saturated rings. The highest BCUT2D eigenvalue weighted by molar-refractivity contribution is 5.71. The minimum absolute atomic E-state index is 0.183. The van der Waals surface area contributed by atoms with Crippen LogP contribution in [0.15, 0.2) is 85.1 Å². The van der Waals surface area contributed by atoms with Gasteiger partial charge < -0.3 is 28.5 Å². The summed E-state index contributed by atoms with van der Waals surface area (Å²) >= 11 is 0. The molecule has 0 saturated carbocycles. The summed E-state index contributed by atoms with van der Waals surface area (Å²) in [5.41, 5.74) is 0. The molecule has 0 aromatic heterocycles. The Morgan fingerprint density at radius 3 is 1.13 bits per heavy atom. The van der Waals surface area contributed by atoms with Crippen LogP contribution in [-0.2, 0) is 33.3 Å². The molecule has 0 radical (unpaired) electrons. The highest BCUT2D eigenvalue weighted by atomic mass is 16.7. The van der Waals surface area contributed by atoms with E-state index in [-0.39, 0.29) is 32.2 Å². The number of aliphatic carboxylic acids is 1. The van der Waals surface area contributed by atoms with Gasteiger partial charge in [-0.1, -0.05) is 240 Å². The number of hydrogen-bond acceptors (Lipinski definition) is 7. The van der Waals surface area contributed by atoms with Crippen LogP contribution in [0.25, 0.3) is 0 Å². The lowest BCUT2D eigenvalue weighted by molar-refractivity contribution is -0.870. The second-order valence-electron chi connectivity index (χ2n) is 21.6. The van der Waals surface area contributed by atoms with Gasteiger partial charge >= 0.3 is 17.9 Å². The van der Waals surface area contributed by atoms with Crippen LogP contribution in [0, 0.1) is 0 Å². The summed E-state index contributed by atoms with van der Waals surface area (Å²) < 4.78 is 22.9. The standard InChI is InChI=1S/C66H115NO8/c1-6-8-10-12-14-16-18-20-22-24-26-28-30-32-34-36-38-40-42-44-46-48-50-52-54-56-63(68)73-60-62(61-74-66(65(70)71)72-59-58-67(3,4)5)75-64(69)57-55-53-51-49-47-45-43-41-39-37-35-33-31-29-27-25-23-21-19-17-15-13-11-9-7-2/h9,11,15,17-18,20-21,23-24,26-27,29,33,35,62,66H,6-8,10,12-14,16,19,22,25,28,30-32,34,36-61H2,1-5H3/p+1/b11-9-,17-15-,20-18-,23-21-,26-24-,29-27-,35-33-. The number of allylic oxidation sites excluding steroid dienone is 14. The SMILES string of the molecule is CC/C=C\C/C=C\C/C=C\C/C=C\C/C=C\CCCCCCCCCCCC(=O)OC(COC(=O)CCCCCCCCCCCCCCC/C=C\C/C=C\CCCCCCC)COC(OCC[N+](C)(C)C)C(=O)O. The number of likely N-dealkylation sites (N-methyl/N-ethyl adjacent to an activating group) is 1. The first kappa shape index (κ1) is 71.5. The maximum atomic E-state index is 12.9. The molecular weight excluding hydrogens is 935 g/mol. The van der Waals surface area contributed by atoms with Crippen molar-refractivity contribution in [3.63, 3.8) is 0 Å². The first-order chi connectivity index (χ1) is 36.6. The van der Waals surface area contributed by atoms with E-state index in [1.54, 1.807) is 0 Å². The van der Waals surface area contributed by atoms with Crippen molar-refractivity contribution in [3.05, 3.63) is 85.1 Å². The molecule has 9 nitrogen and oxygen atoms in total. The lowest BCUT2D eigenvalue weighted by atomic mass is 10.0. The van der Waals surface area contributed by atoms with Crippen LogP contribution in [0.1, 0.15) is 258 Å². The number of carbonyl (C=O) groups is 3. The van der Waals surface area contributed by atoms with E-state index >= 15 is 0 Å². The predicted molar refractivity (Wildman–Crippen MR) is 318 cm³/mol. The van der Waals surface area contributed by atoms with Gasteiger partial charge in [-0.25, -0.2) is 4.79 Å². The van der Waals surface area contributed by atoms with Crippen LogP contribution in [0.3, 0.4) is 0 Å². The molecule has 0 spiro atoms. The van der Waals surface area contributed by atoms with Crippen molar-refractivity contribution in [2.45, 2.75) is 270 Å². The summed E-state index contributed by atoms with van der Waals surface area (Å²) in [5, 5.41) is 9.72. The van der Waals surface area contributed by atoms with Crippen molar-refractivity contribution < 1.29 is 42.9 Å². The average Bonchev–Trinajstić information content (AvgIpc) is 3.38. The van der Waals surface area contributed by atoms with E-state index in [0.717, 1.165) is 83.5 Å². The molecule has 0 heterocycles. The number of esters is 2. The van der Waals surface area contributed by atoms with E-state index in [9.17, 15) is 19.5 Å². The third kappa shape index (κ3) is 58.0. The number of ether oxygens (including phenoxy) is 4. The van der Waals surface area contributed by atoms with E-state index in [1.165, 1.54) is 141 Å². The van der Waals surface area contributed by atoms with Crippen molar-refractivity contribution in [2.75, 3.05) is 47.5 Å². The molecule has 0 aromatic carbocycles. The van der Waals surface area contributed by atoms with Gasteiger partial charge in [-0.15, -0.1) is 0 Å². The van der Waals surface area contributed by atoms with Gasteiger partial charge in [0.1, 0.15) is 13.2 Å². The Morgan fingerprint density at radius 2 is 0.760 bits per heavy atom. The zero-order valence-corrected chi connectivity index (χ0v) is 49.2. The van der Waals surface area contributed by atoms with Gasteiger partial charge in [0.05, 0.1) is 34.4 Å². The number of nitrogens with zero attached hydrogens (tertiary/aromatic N) is 1. The molecule has 1 N–H and O–H groups in total. The Balaban J connectivity index is 4.23. The first-order valence-electron chi connectivity index (χ1n) is 30.8. The summed E-state index contributed by atoms with van der Waals surface area (Å²) in [6.45, 7) is 4.76. The minimum atomic E-state index is -1.52. The van der Waals surface area contributed by atoms with Crippen molar-refractivity contribution in [1.82, 2.24) is 0 Å². The molecule has 9 heteroatoms. The topological polar surface area (TPSA) is 108 Å². The van der Waals surface area contributed by atoms with Crippen molar-refractivity contribution in [3.8, 4) is 0 Å². The fraction of sp³-hybridized carbons (Fsp3) is 0.742. The van der Waals surface area contributed by atoms with Crippen LogP contribution in [-0.4, -0.2) is 87.4 Å². The smallest absolute Gasteiger partial charge is 0.361 e. The maximum Gasteiger partial charge on any atom is 0.361 e. The highest BCUT2D eigenvalue weighted by Gasteiger charge is 2.25. The van der Waals surface area contributed by atoms with Crippen molar-refractivity contribution in [1.29, 1.82) is 0 Å². The summed E-state index contributed by atoms with van der Waals surface area (Å²) in [6.07, 6.45) is 72.3. The molecular formula is C66H116NO8+. The van der Waals surface area contributed by atoms with Gasteiger partial charge in [-0.05, 0) is 89.9 Å². The van der Waals surface area contributed by atoms with E-state index in [1.807, 2.05) is 21.1 Å². The van der Waals surface area contributed by atoms with Crippen LogP contribution in [0.2, 0.25) is 0 Å². The summed E-state index contributed by atoms with van der Waals surface area (Å²) in [5.74, 6) is -2.01. The number of hydrogen-bond donors (Lipinski definition) is 1. The number of carboxylic acid groups (broad SMARTS) is 1. The van der Waals surface area contributed by atoms with Crippen LogP contribution in [0.5, 0.6) is 0 Å². The molecule has 0 amide bonds. The Bertz CT molecular complexity index is 1500. The van der Waals surface area contributed by atoms with E-state index < -0.39 is 24.3 Å². The first-order valence-corrected chi connectivity index (χ1v) is 30.8. The molecule has 0 saturated heterocycles. The lowest BCUT2D eigenvalue weighted by Crippen LogP contribution is -2.40. The molecule has 0 bridgehead atoms. The molecule has 0 aliphatic heterocycles. The lowest BCUT2D eigenvalue weighted by Gasteiger charge is -2.25. The van der Waals surface area contributed by atoms with Crippen molar-refractivity contribution >= 4 is 17.9 Å². The molecule has 0 aromatic rings. The number of quaternary nitrogens is 1. The van der Waals surface area contributed by atoms with Crippen LogP contribution in [0.4, 0.5) is 0 Å². The summed E-state index contributed by atoms with van der Waals surface area (Å²) in [6, 6.07) is 0. The second kappa shape index (κ2) is 56.7. The second-order valence-corrected chi connectivity index (χ2v) is 21.6. The third-order valence-corrected chi connectivity index (χ3v) is 13.1. The van der Waals surface area contributed by atoms with Gasteiger partial charge in [0.15, 0.2) is 6.10 Å². The normalized spacial score (nSPS) is 13.3. The van der Waals surface area contributed by atoms with E-state index in [2.05, 4.69) is 98.9 Å². The molecule has 0 rings (SSSR count). The highest BCUT2D eigenvalue weighted by Crippen LogP contribution is 2.16. The van der Waals surface area contributed by atoms with Gasteiger partial charge in [-0.3, -0.25) is 9.59 Å². The van der Waals surface area contributed by atoms with Crippen LogP contribution >= 0.6 is 0 Å². The van der Waals surface area contributed by atoms with Crippen LogP contribution < -0.4 is 0 Å². The quantitative estimate of drug-likeness (QED) is 0.0211. The zero-order chi connectivity index (χ0) is 54.8. The van der Waals surface area contributed by atoms with Gasteiger partial charge in [0.25, 0.3) is 6.29 Å². The monoisotopic (exact) mass is 1050 g/mol. The molecule has 0 aliphatic rings. The Morgan fingerprint density at radius 1 is 0.413 bits per heavy atom. The van der Waals surface area contributed by atoms with Gasteiger partial charge in [0.2, 0.25) is 0 Å². The van der Waals surface area contributed by atoms with Crippen molar-refractivity contribution in [2.24, 2.45) is 0 Å². The Labute approximate surface area is 461 Å². The Hall–Kier alpha value is -3.53. The minimum Gasteiger partial charge on any atom is -0.477 e. The number of rotatable bonds is 56. The fourth-order valence-electron chi connectivity index (χ4n) is 8.42. The number of carbonyl (C=O) groups excluding carboxylic acids is 2. The van der Waals surface area contributed by atoms with Gasteiger partial charge in [0, 0.05) is 12.8 Å². The average molecular weight is 1050 g/mol. The van der Waals surface area contributed by atoms with E-state index in [4.69, 9.17) is 18.9 Å². The maximum absolute atomic E-state index is 12.9. The summed E-state index contributed by atoms with van der Waals surface area (Å²) in [4.78, 5) is 37.5. The van der Waals surface area contributed by atoms with E-state index in [0.29, 0.717) is 23.9 Å². The Kier molecular flexibility index (Phi) is 54.0.